The Morgan fingerprint density at radius 1 is 1.53 bits per heavy atom. The molecule has 0 bridgehead atoms. The van der Waals surface area contributed by atoms with Crippen LogP contribution < -0.4 is 0 Å². The summed E-state index contributed by atoms with van der Waals surface area (Å²) in [5, 5.41) is -0.0636. The van der Waals surface area contributed by atoms with Crippen molar-refractivity contribution in [3.63, 3.8) is 0 Å². The minimum absolute atomic E-state index is 0.0636. The van der Waals surface area contributed by atoms with E-state index in [1.165, 1.54) is 11.0 Å². The van der Waals surface area contributed by atoms with E-state index >= 15 is 0 Å². The highest BCUT2D eigenvalue weighted by Crippen LogP contribution is 2.28. The van der Waals surface area contributed by atoms with Crippen LogP contribution in [0.4, 0.5) is 8.78 Å². The van der Waals surface area contributed by atoms with Crippen LogP contribution in [0.3, 0.4) is 0 Å². The molecule has 1 aliphatic heterocycles. The van der Waals surface area contributed by atoms with Crippen molar-refractivity contribution >= 4 is 33.4 Å². The van der Waals surface area contributed by atoms with Crippen LogP contribution in [0.2, 0.25) is 5.02 Å². The average molecular weight is 325 g/mol. The van der Waals surface area contributed by atoms with Crippen molar-refractivity contribution in [1.82, 2.24) is 4.90 Å². The highest BCUT2D eigenvalue weighted by Gasteiger charge is 2.27. The van der Waals surface area contributed by atoms with E-state index in [0.717, 1.165) is 6.07 Å². The summed E-state index contributed by atoms with van der Waals surface area (Å²) < 4.78 is 26.6. The molecular weight excluding hydrogens is 315 g/mol. The summed E-state index contributed by atoms with van der Waals surface area (Å²) >= 11 is 8.70. The van der Waals surface area contributed by atoms with Gasteiger partial charge in [0.15, 0.2) is 0 Å². The lowest BCUT2D eigenvalue weighted by atomic mass is 10.2. The van der Waals surface area contributed by atoms with Crippen LogP contribution in [0, 0.1) is 5.82 Å². The average Bonchev–Trinajstić information content (AvgIpc) is 2.71. The second-order valence-electron chi connectivity index (χ2n) is 3.89. The molecule has 92 valence electrons. The number of amides is 1. The Morgan fingerprint density at radius 2 is 2.24 bits per heavy atom. The SMILES string of the molecule is O=C(c1cc(F)c(Cl)c(Br)c1)N1CC[C@@H](F)C1. The van der Waals surface area contributed by atoms with Crippen LogP contribution in [-0.4, -0.2) is 30.1 Å². The molecule has 6 heteroatoms. The highest BCUT2D eigenvalue weighted by molar-refractivity contribution is 9.10. The smallest absolute Gasteiger partial charge is 0.254 e. The van der Waals surface area contributed by atoms with Crippen molar-refractivity contribution in [2.45, 2.75) is 12.6 Å². The van der Waals surface area contributed by atoms with Crippen LogP contribution >= 0.6 is 27.5 Å². The summed E-state index contributed by atoms with van der Waals surface area (Å²) in [6, 6.07) is 2.51. The Hall–Kier alpha value is -0.680. The van der Waals surface area contributed by atoms with Crippen LogP contribution in [0.5, 0.6) is 0 Å². The van der Waals surface area contributed by atoms with Gasteiger partial charge in [0.1, 0.15) is 12.0 Å². The number of halogens is 4. The van der Waals surface area contributed by atoms with E-state index in [2.05, 4.69) is 15.9 Å². The first-order chi connectivity index (χ1) is 7.99. The van der Waals surface area contributed by atoms with E-state index in [9.17, 15) is 13.6 Å². The zero-order valence-electron chi connectivity index (χ0n) is 8.72. The number of hydrogen-bond acceptors (Lipinski definition) is 1. The molecular formula is C11H9BrClF2NO. The fourth-order valence-electron chi connectivity index (χ4n) is 1.76. The monoisotopic (exact) mass is 323 g/mol. The van der Waals surface area contributed by atoms with Crippen LogP contribution in [0.25, 0.3) is 0 Å². The van der Waals surface area contributed by atoms with Gasteiger partial charge < -0.3 is 4.90 Å². The summed E-state index contributed by atoms with van der Waals surface area (Å²) in [4.78, 5) is 13.3. The quantitative estimate of drug-likeness (QED) is 0.725. The molecule has 0 unspecified atom stereocenters. The molecule has 1 aliphatic rings. The highest BCUT2D eigenvalue weighted by atomic mass is 79.9. The van der Waals surface area contributed by atoms with Crippen molar-refractivity contribution in [3.05, 3.63) is 33.0 Å². The number of benzene rings is 1. The molecule has 2 nitrogen and oxygen atoms in total. The van der Waals surface area contributed by atoms with Gasteiger partial charge in [-0.3, -0.25) is 4.79 Å². The number of likely N-dealkylation sites (tertiary alicyclic amines) is 1. The molecule has 0 N–H and O–H groups in total. The van der Waals surface area contributed by atoms with Crippen molar-refractivity contribution in [3.8, 4) is 0 Å². The molecule has 1 aromatic rings. The van der Waals surface area contributed by atoms with Gasteiger partial charge in [0, 0.05) is 16.6 Å². The standard InChI is InChI=1S/C11H9BrClF2NO/c12-8-3-6(4-9(15)10(8)13)11(17)16-2-1-7(14)5-16/h3-4,7H,1-2,5H2/t7-/m1/s1. The van der Waals surface area contributed by atoms with Gasteiger partial charge in [-0.05, 0) is 34.5 Å². The molecule has 0 aliphatic carbocycles. The van der Waals surface area contributed by atoms with Crippen molar-refractivity contribution in [2.75, 3.05) is 13.1 Å². The lowest BCUT2D eigenvalue weighted by Crippen LogP contribution is -2.29. The van der Waals surface area contributed by atoms with Gasteiger partial charge in [0.25, 0.3) is 5.91 Å². The molecule has 17 heavy (non-hydrogen) atoms. The first-order valence-electron chi connectivity index (χ1n) is 5.07. The fraction of sp³-hybridized carbons (Fsp3) is 0.364. The van der Waals surface area contributed by atoms with Gasteiger partial charge in [-0.1, -0.05) is 11.6 Å². The number of rotatable bonds is 1. The minimum Gasteiger partial charge on any atom is -0.336 e. The van der Waals surface area contributed by atoms with Crippen molar-refractivity contribution in [1.29, 1.82) is 0 Å². The number of alkyl halides is 1. The minimum atomic E-state index is -0.987. The van der Waals surface area contributed by atoms with Crippen molar-refractivity contribution in [2.24, 2.45) is 0 Å². The normalized spacial score (nSPS) is 19.8. The zero-order chi connectivity index (χ0) is 12.6. The molecule has 0 spiro atoms. The third-order valence-electron chi connectivity index (χ3n) is 2.65. The number of carbonyl (C=O) groups is 1. The van der Waals surface area contributed by atoms with Gasteiger partial charge in [0.2, 0.25) is 0 Å². The molecule has 0 radical (unpaired) electrons. The summed E-state index contributed by atoms with van der Waals surface area (Å²) in [5.74, 6) is -1.04. The van der Waals surface area contributed by atoms with Gasteiger partial charge >= 0.3 is 0 Å². The second-order valence-corrected chi connectivity index (χ2v) is 5.12. The number of hydrogen-bond donors (Lipinski definition) is 0. The predicted octanol–water partition coefficient (Wildman–Crippen LogP) is 3.43. The van der Waals surface area contributed by atoms with E-state index in [1.807, 2.05) is 0 Å². The van der Waals surface area contributed by atoms with Gasteiger partial charge in [-0.25, -0.2) is 8.78 Å². The summed E-state index contributed by atoms with van der Waals surface area (Å²) in [7, 11) is 0. The van der Waals surface area contributed by atoms with Crippen LogP contribution in [-0.2, 0) is 0 Å². The van der Waals surface area contributed by atoms with Crippen molar-refractivity contribution < 1.29 is 13.6 Å². The van der Waals surface area contributed by atoms with E-state index in [4.69, 9.17) is 11.6 Å². The van der Waals surface area contributed by atoms with E-state index in [-0.39, 0.29) is 23.0 Å². The van der Waals surface area contributed by atoms with Gasteiger partial charge in [0.05, 0.1) is 11.6 Å². The second kappa shape index (κ2) is 4.90. The maximum atomic E-state index is 13.4. The van der Waals surface area contributed by atoms with E-state index < -0.39 is 12.0 Å². The van der Waals surface area contributed by atoms with Crippen LogP contribution in [0.1, 0.15) is 16.8 Å². The van der Waals surface area contributed by atoms with E-state index in [1.54, 1.807) is 0 Å². The third-order valence-corrected chi connectivity index (χ3v) is 3.89. The lowest BCUT2D eigenvalue weighted by Gasteiger charge is -2.15. The Morgan fingerprint density at radius 3 is 2.76 bits per heavy atom. The Bertz CT molecular complexity index is 446. The molecule has 0 aromatic heterocycles. The molecule has 0 saturated carbocycles. The topological polar surface area (TPSA) is 20.3 Å². The number of carbonyl (C=O) groups excluding carboxylic acids is 1. The van der Waals surface area contributed by atoms with Gasteiger partial charge in [-0.2, -0.15) is 0 Å². The maximum Gasteiger partial charge on any atom is 0.254 e. The first kappa shape index (κ1) is 12.8. The molecule has 2 rings (SSSR count). The molecule has 1 heterocycles. The zero-order valence-corrected chi connectivity index (χ0v) is 11.1. The third kappa shape index (κ3) is 2.60. The number of nitrogens with zero attached hydrogens (tertiary/aromatic N) is 1. The molecule has 1 aromatic carbocycles. The fourth-order valence-corrected chi connectivity index (χ4v) is 2.31. The van der Waals surface area contributed by atoms with Gasteiger partial charge in [-0.15, -0.1) is 0 Å². The van der Waals surface area contributed by atoms with E-state index in [0.29, 0.717) is 17.4 Å². The summed E-state index contributed by atoms with van der Waals surface area (Å²) in [5.41, 5.74) is 0.174. The molecule has 1 fully saturated rings. The van der Waals surface area contributed by atoms with Crippen LogP contribution in [0.15, 0.2) is 16.6 Å². The Balaban J connectivity index is 2.25. The molecule has 1 saturated heterocycles. The Kier molecular flexibility index (Phi) is 3.68. The summed E-state index contributed by atoms with van der Waals surface area (Å²) in [6.45, 7) is 0.433. The molecule has 1 atom stereocenters. The molecule has 1 amide bonds. The summed E-state index contributed by atoms with van der Waals surface area (Å²) in [6.07, 6.45) is -0.650. The maximum absolute atomic E-state index is 13.4. The Labute approximate surface area is 111 Å². The predicted molar refractivity (Wildman–Crippen MR) is 64.5 cm³/mol. The first-order valence-corrected chi connectivity index (χ1v) is 6.24. The largest absolute Gasteiger partial charge is 0.336 e. The lowest BCUT2D eigenvalue weighted by molar-refractivity contribution is 0.0782.